The second-order valence-corrected chi connectivity index (χ2v) is 6.52. The number of rotatable bonds is 5. The molecular weight excluding hydrogens is 250 g/mol. The summed E-state index contributed by atoms with van der Waals surface area (Å²) in [7, 11) is 0. The van der Waals surface area contributed by atoms with E-state index in [0.717, 1.165) is 38.5 Å². The molecule has 0 aliphatic heterocycles. The molecule has 0 amide bonds. The summed E-state index contributed by atoms with van der Waals surface area (Å²) in [6.45, 7) is 4.49. The minimum Gasteiger partial charge on any atom is -0.481 e. The van der Waals surface area contributed by atoms with Crippen molar-refractivity contribution in [3.8, 4) is 0 Å². The molecule has 0 spiro atoms. The van der Waals surface area contributed by atoms with Gasteiger partial charge in [-0.25, -0.2) is 0 Å². The van der Waals surface area contributed by atoms with Crippen LogP contribution in [-0.2, 0) is 11.2 Å². The molecule has 1 fully saturated rings. The van der Waals surface area contributed by atoms with E-state index in [1.54, 1.807) is 12.4 Å². The molecule has 0 atom stereocenters. The molecule has 110 valence electrons. The van der Waals surface area contributed by atoms with E-state index in [2.05, 4.69) is 18.8 Å². The van der Waals surface area contributed by atoms with Crippen LogP contribution in [0.15, 0.2) is 24.5 Å². The molecule has 1 aromatic rings. The van der Waals surface area contributed by atoms with Crippen molar-refractivity contribution < 1.29 is 9.90 Å². The fraction of sp³-hybridized carbons (Fsp3) is 0.647. The Kier molecular flexibility index (Phi) is 4.79. The van der Waals surface area contributed by atoms with Crippen molar-refractivity contribution in [1.82, 2.24) is 4.98 Å². The van der Waals surface area contributed by atoms with Crippen LogP contribution in [-0.4, -0.2) is 16.1 Å². The highest BCUT2D eigenvalue weighted by Crippen LogP contribution is 2.44. The first-order chi connectivity index (χ1) is 9.53. The van der Waals surface area contributed by atoms with Gasteiger partial charge in [0.2, 0.25) is 0 Å². The standard InChI is InChI=1S/C17H25NO2/c1-13(2)15-4-9-17(10-5-15,16(19)20)8-3-14-6-11-18-12-7-14/h6-7,11-13,15H,3-5,8-10H2,1-2H3,(H,19,20). The molecule has 0 saturated heterocycles. The summed E-state index contributed by atoms with van der Waals surface area (Å²) in [6, 6.07) is 3.96. The summed E-state index contributed by atoms with van der Waals surface area (Å²) in [5, 5.41) is 9.68. The highest BCUT2D eigenvalue weighted by Gasteiger charge is 2.41. The fourth-order valence-electron chi connectivity index (χ4n) is 3.36. The molecule has 0 radical (unpaired) electrons. The van der Waals surface area contributed by atoms with Gasteiger partial charge in [-0.1, -0.05) is 13.8 Å². The van der Waals surface area contributed by atoms with Crippen LogP contribution in [0.1, 0.15) is 51.5 Å². The molecule has 1 heterocycles. The molecule has 1 saturated carbocycles. The second kappa shape index (κ2) is 6.38. The first-order valence-electron chi connectivity index (χ1n) is 7.66. The Morgan fingerprint density at radius 1 is 1.35 bits per heavy atom. The molecule has 1 N–H and O–H groups in total. The van der Waals surface area contributed by atoms with Crippen molar-refractivity contribution in [3.05, 3.63) is 30.1 Å². The summed E-state index contributed by atoms with van der Waals surface area (Å²) < 4.78 is 0. The van der Waals surface area contributed by atoms with Gasteiger partial charge in [-0.05, 0) is 68.1 Å². The minimum absolute atomic E-state index is 0.505. The lowest BCUT2D eigenvalue weighted by Crippen LogP contribution is -2.36. The molecule has 0 unspecified atom stereocenters. The van der Waals surface area contributed by atoms with Gasteiger partial charge in [-0.15, -0.1) is 0 Å². The van der Waals surface area contributed by atoms with Gasteiger partial charge in [-0.2, -0.15) is 0 Å². The van der Waals surface area contributed by atoms with E-state index in [0.29, 0.717) is 11.8 Å². The van der Waals surface area contributed by atoms with Gasteiger partial charge < -0.3 is 5.11 Å². The van der Waals surface area contributed by atoms with E-state index in [-0.39, 0.29) is 0 Å². The second-order valence-electron chi connectivity index (χ2n) is 6.52. The molecule has 1 aliphatic rings. The van der Waals surface area contributed by atoms with Gasteiger partial charge in [0.25, 0.3) is 0 Å². The lowest BCUT2D eigenvalue weighted by Gasteiger charge is -2.38. The highest BCUT2D eigenvalue weighted by molar-refractivity contribution is 5.74. The van der Waals surface area contributed by atoms with Gasteiger partial charge in [0, 0.05) is 12.4 Å². The minimum atomic E-state index is -0.603. The number of hydrogen-bond acceptors (Lipinski definition) is 2. The van der Waals surface area contributed by atoms with Crippen molar-refractivity contribution in [3.63, 3.8) is 0 Å². The van der Waals surface area contributed by atoms with Crippen LogP contribution in [0.25, 0.3) is 0 Å². The SMILES string of the molecule is CC(C)C1CCC(CCc2ccncc2)(C(=O)O)CC1. The summed E-state index contributed by atoms with van der Waals surface area (Å²) in [4.78, 5) is 15.8. The van der Waals surface area contributed by atoms with Gasteiger partial charge in [0.05, 0.1) is 5.41 Å². The largest absolute Gasteiger partial charge is 0.481 e. The van der Waals surface area contributed by atoms with Crippen LogP contribution < -0.4 is 0 Å². The van der Waals surface area contributed by atoms with Gasteiger partial charge >= 0.3 is 5.97 Å². The molecule has 0 aromatic carbocycles. The van der Waals surface area contributed by atoms with Crippen molar-refractivity contribution in [1.29, 1.82) is 0 Å². The fourth-order valence-corrected chi connectivity index (χ4v) is 3.36. The average Bonchev–Trinajstić information content (AvgIpc) is 2.46. The molecule has 3 nitrogen and oxygen atoms in total. The van der Waals surface area contributed by atoms with E-state index in [9.17, 15) is 9.90 Å². The monoisotopic (exact) mass is 275 g/mol. The lowest BCUT2D eigenvalue weighted by molar-refractivity contribution is -0.152. The zero-order valence-electron chi connectivity index (χ0n) is 12.5. The lowest BCUT2D eigenvalue weighted by atomic mass is 9.66. The number of aromatic nitrogens is 1. The third-order valence-electron chi connectivity index (χ3n) is 5.03. The van der Waals surface area contributed by atoms with Crippen LogP contribution in [0.2, 0.25) is 0 Å². The Labute approximate surface area is 121 Å². The van der Waals surface area contributed by atoms with Crippen LogP contribution in [0.3, 0.4) is 0 Å². The topological polar surface area (TPSA) is 50.2 Å². The maximum Gasteiger partial charge on any atom is 0.309 e. The van der Waals surface area contributed by atoms with Gasteiger partial charge in [0.15, 0.2) is 0 Å². The molecular formula is C17H25NO2. The van der Waals surface area contributed by atoms with Crippen molar-refractivity contribution in [2.75, 3.05) is 0 Å². The Balaban J connectivity index is 1.99. The average molecular weight is 275 g/mol. The number of aryl methyl sites for hydroxylation is 1. The molecule has 20 heavy (non-hydrogen) atoms. The first kappa shape index (κ1) is 15.0. The maximum absolute atomic E-state index is 11.8. The number of hydrogen-bond donors (Lipinski definition) is 1. The van der Waals surface area contributed by atoms with Gasteiger partial charge in [-0.3, -0.25) is 9.78 Å². The zero-order valence-corrected chi connectivity index (χ0v) is 12.5. The Morgan fingerprint density at radius 3 is 2.45 bits per heavy atom. The summed E-state index contributed by atoms with van der Waals surface area (Å²) in [5.41, 5.74) is 0.681. The van der Waals surface area contributed by atoms with E-state index >= 15 is 0 Å². The van der Waals surface area contributed by atoms with E-state index in [1.165, 1.54) is 5.56 Å². The van der Waals surface area contributed by atoms with E-state index < -0.39 is 11.4 Å². The van der Waals surface area contributed by atoms with E-state index in [1.807, 2.05) is 12.1 Å². The first-order valence-corrected chi connectivity index (χ1v) is 7.66. The third-order valence-corrected chi connectivity index (χ3v) is 5.03. The number of aliphatic carboxylic acids is 1. The number of pyridine rings is 1. The summed E-state index contributed by atoms with van der Waals surface area (Å²) in [6.07, 6.45) is 8.91. The van der Waals surface area contributed by atoms with Crippen LogP contribution in [0.4, 0.5) is 0 Å². The molecule has 3 heteroatoms. The van der Waals surface area contributed by atoms with E-state index in [4.69, 9.17) is 0 Å². The van der Waals surface area contributed by atoms with Crippen LogP contribution >= 0.6 is 0 Å². The molecule has 2 rings (SSSR count). The Hall–Kier alpha value is -1.38. The normalized spacial score (nSPS) is 26.6. The highest BCUT2D eigenvalue weighted by atomic mass is 16.4. The van der Waals surface area contributed by atoms with Crippen molar-refractivity contribution in [2.24, 2.45) is 17.3 Å². The maximum atomic E-state index is 11.8. The summed E-state index contributed by atoms with van der Waals surface area (Å²) in [5.74, 6) is 0.763. The predicted molar refractivity (Wildman–Crippen MR) is 79.4 cm³/mol. The number of carboxylic acid groups (broad SMARTS) is 1. The van der Waals surface area contributed by atoms with Crippen molar-refractivity contribution >= 4 is 5.97 Å². The zero-order chi connectivity index (χ0) is 14.6. The van der Waals surface area contributed by atoms with Crippen LogP contribution in [0, 0.1) is 17.3 Å². The van der Waals surface area contributed by atoms with Crippen molar-refractivity contribution in [2.45, 2.75) is 52.4 Å². The van der Waals surface area contributed by atoms with Gasteiger partial charge in [0.1, 0.15) is 0 Å². The molecule has 1 aromatic heterocycles. The van der Waals surface area contributed by atoms with Crippen LogP contribution in [0.5, 0.6) is 0 Å². The predicted octanol–water partition coefficient (Wildman–Crippen LogP) is 3.93. The third kappa shape index (κ3) is 3.38. The number of nitrogens with zero attached hydrogens (tertiary/aromatic N) is 1. The number of carboxylic acids is 1. The molecule has 0 bridgehead atoms. The Morgan fingerprint density at radius 2 is 1.95 bits per heavy atom. The Bertz CT molecular complexity index is 434. The smallest absolute Gasteiger partial charge is 0.309 e. The molecule has 1 aliphatic carbocycles. The quantitative estimate of drug-likeness (QED) is 0.885. The number of carbonyl (C=O) groups is 1. The summed E-state index contributed by atoms with van der Waals surface area (Å²) >= 11 is 0.